The van der Waals surface area contributed by atoms with Crippen LogP contribution in [0.25, 0.3) is 0 Å². The zero-order valence-electron chi connectivity index (χ0n) is 8.66. The first-order chi connectivity index (χ1) is 7.15. The lowest BCUT2D eigenvalue weighted by Gasteiger charge is -2.10. The summed E-state index contributed by atoms with van der Waals surface area (Å²) >= 11 is 6.02. The third kappa shape index (κ3) is 3.47. The molecule has 0 unspecified atom stereocenters. The molecule has 1 rings (SSSR count). The van der Waals surface area contributed by atoms with E-state index in [1.165, 1.54) is 0 Å². The first-order valence-electron chi connectivity index (χ1n) is 4.76. The van der Waals surface area contributed by atoms with Gasteiger partial charge in [0.25, 0.3) is 0 Å². The summed E-state index contributed by atoms with van der Waals surface area (Å²) in [5.41, 5.74) is 6.72. The number of terminal acetylenes is 1. The number of hydrogen-bond donors (Lipinski definition) is 1. The largest absolute Gasteiger partial charge is 0.491 e. The molecule has 0 spiro atoms. The van der Waals surface area contributed by atoms with Crippen molar-refractivity contribution >= 4 is 11.6 Å². The van der Waals surface area contributed by atoms with E-state index in [4.69, 9.17) is 28.5 Å². The molecule has 0 heterocycles. The zero-order chi connectivity index (χ0) is 11.3. The van der Waals surface area contributed by atoms with Crippen LogP contribution in [0.5, 0.6) is 5.75 Å². The van der Waals surface area contributed by atoms with Crippen molar-refractivity contribution in [3.8, 4) is 18.1 Å². The second-order valence-electron chi connectivity index (χ2n) is 3.28. The molecule has 0 saturated carbocycles. The molecule has 0 amide bonds. The van der Waals surface area contributed by atoms with Gasteiger partial charge in [0.2, 0.25) is 0 Å². The monoisotopic (exact) mass is 223 g/mol. The van der Waals surface area contributed by atoms with Crippen molar-refractivity contribution in [2.24, 2.45) is 5.73 Å². The predicted octanol–water partition coefficient (Wildman–Crippen LogP) is 2.76. The van der Waals surface area contributed by atoms with Gasteiger partial charge in [-0.2, -0.15) is 0 Å². The van der Waals surface area contributed by atoms with Gasteiger partial charge in [0, 0.05) is 12.5 Å². The van der Waals surface area contributed by atoms with Gasteiger partial charge >= 0.3 is 0 Å². The Morgan fingerprint density at radius 3 is 2.87 bits per heavy atom. The van der Waals surface area contributed by atoms with E-state index in [-0.39, 0.29) is 6.04 Å². The van der Waals surface area contributed by atoms with Crippen LogP contribution in [0.1, 0.15) is 24.9 Å². The summed E-state index contributed by atoms with van der Waals surface area (Å²) in [4.78, 5) is 0. The molecular formula is C12H14ClNO. The summed E-state index contributed by atoms with van der Waals surface area (Å²) in [6.45, 7) is 2.39. The Morgan fingerprint density at radius 2 is 2.33 bits per heavy atom. The standard InChI is InChI=1S/C12H14ClNO/c1-3-4-7-15-12-6-5-10(9(2)14)8-11(12)13/h1,5-6,8-9H,4,7,14H2,2H3/t9-/m0/s1. The maximum absolute atomic E-state index is 6.02. The van der Waals surface area contributed by atoms with Gasteiger partial charge in [0.05, 0.1) is 11.6 Å². The van der Waals surface area contributed by atoms with Gasteiger partial charge in [-0.1, -0.05) is 17.7 Å². The van der Waals surface area contributed by atoms with Crippen molar-refractivity contribution in [2.45, 2.75) is 19.4 Å². The third-order valence-electron chi connectivity index (χ3n) is 1.99. The van der Waals surface area contributed by atoms with Crippen molar-refractivity contribution in [1.29, 1.82) is 0 Å². The molecule has 0 aromatic heterocycles. The summed E-state index contributed by atoms with van der Waals surface area (Å²) in [6, 6.07) is 5.51. The molecule has 0 fully saturated rings. The van der Waals surface area contributed by atoms with Gasteiger partial charge in [0.15, 0.2) is 0 Å². The highest BCUT2D eigenvalue weighted by Crippen LogP contribution is 2.27. The van der Waals surface area contributed by atoms with Crippen LogP contribution >= 0.6 is 11.6 Å². The van der Waals surface area contributed by atoms with Gasteiger partial charge in [0.1, 0.15) is 5.75 Å². The van der Waals surface area contributed by atoms with E-state index in [9.17, 15) is 0 Å². The Bertz CT molecular complexity index is 368. The summed E-state index contributed by atoms with van der Waals surface area (Å²) in [7, 11) is 0. The van der Waals surface area contributed by atoms with E-state index in [2.05, 4.69) is 5.92 Å². The molecule has 1 aromatic rings. The molecule has 0 aliphatic rings. The minimum Gasteiger partial charge on any atom is -0.491 e. The highest BCUT2D eigenvalue weighted by atomic mass is 35.5. The Labute approximate surface area is 95.4 Å². The lowest BCUT2D eigenvalue weighted by Crippen LogP contribution is -2.05. The summed E-state index contributed by atoms with van der Waals surface area (Å²) < 4.78 is 5.40. The SMILES string of the molecule is C#CCCOc1ccc([C@H](C)N)cc1Cl. The fourth-order valence-electron chi connectivity index (χ4n) is 1.14. The number of benzene rings is 1. The molecule has 1 atom stereocenters. The lowest BCUT2D eigenvalue weighted by molar-refractivity contribution is 0.327. The van der Waals surface area contributed by atoms with Crippen LogP contribution in [-0.2, 0) is 0 Å². The van der Waals surface area contributed by atoms with Gasteiger partial charge in [-0.15, -0.1) is 12.3 Å². The molecule has 0 saturated heterocycles. The fraction of sp³-hybridized carbons (Fsp3) is 0.333. The summed E-state index contributed by atoms with van der Waals surface area (Å²) in [5.74, 6) is 3.15. The molecule has 0 aliphatic carbocycles. The molecule has 80 valence electrons. The molecule has 0 aliphatic heterocycles. The Hall–Kier alpha value is -1.17. The minimum absolute atomic E-state index is 0.0257. The average molecular weight is 224 g/mol. The van der Waals surface area contributed by atoms with Gasteiger partial charge < -0.3 is 10.5 Å². The Morgan fingerprint density at radius 1 is 1.60 bits per heavy atom. The summed E-state index contributed by atoms with van der Waals surface area (Å²) in [6.07, 6.45) is 5.69. The van der Waals surface area contributed by atoms with Gasteiger partial charge in [-0.25, -0.2) is 0 Å². The number of hydrogen-bond acceptors (Lipinski definition) is 2. The fourth-order valence-corrected chi connectivity index (χ4v) is 1.38. The second kappa shape index (κ2) is 5.65. The smallest absolute Gasteiger partial charge is 0.137 e. The average Bonchev–Trinajstić information content (AvgIpc) is 2.20. The van der Waals surface area contributed by atoms with E-state index in [1.807, 2.05) is 25.1 Å². The van der Waals surface area contributed by atoms with Crippen LogP contribution in [0.4, 0.5) is 0 Å². The molecule has 0 radical (unpaired) electrons. The first kappa shape index (κ1) is 11.9. The molecule has 1 aromatic carbocycles. The Kier molecular flexibility index (Phi) is 4.48. The van der Waals surface area contributed by atoms with Crippen molar-refractivity contribution < 1.29 is 4.74 Å². The molecule has 3 heteroatoms. The molecule has 15 heavy (non-hydrogen) atoms. The maximum Gasteiger partial charge on any atom is 0.137 e. The van der Waals surface area contributed by atoms with Crippen LogP contribution in [0, 0.1) is 12.3 Å². The highest BCUT2D eigenvalue weighted by molar-refractivity contribution is 6.32. The van der Waals surface area contributed by atoms with Crippen molar-refractivity contribution in [2.75, 3.05) is 6.61 Å². The van der Waals surface area contributed by atoms with E-state index in [0.29, 0.717) is 23.8 Å². The van der Waals surface area contributed by atoms with Crippen LogP contribution in [-0.4, -0.2) is 6.61 Å². The van der Waals surface area contributed by atoms with Gasteiger partial charge in [-0.05, 0) is 24.6 Å². The van der Waals surface area contributed by atoms with E-state index in [0.717, 1.165) is 5.56 Å². The molecule has 2 N–H and O–H groups in total. The number of ether oxygens (including phenoxy) is 1. The van der Waals surface area contributed by atoms with E-state index in [1.54, 1.807) is 0 Å². The van der Waals surface area contributed by atoms with Crippen molar-refractivity contribution in [1.82, 2.24) is 0 Å². The van der Waals surface area contributed by atoms with Gasteiger partial charge in [-0.3, -0.25) is 0 Å². The van der Waals surface area contributed by atoms with E-state index < -0.39 is 0 Å². The topological polar surface area (TPSA) is 35.2 Å². The number of halogens is 1. The van der Waals surface area contributed by atoms with Crippen molar-refractivity contribution in [3.05, 3.63) is 28.8 Å². The number of nitrogens with two attached hydrogens (primary N) is 1. The highest BCUT2D eigenvalue weighted by Gasteiger charge is 2.05. The summed E-state index contributed by atoms with van der Waals surface area (Å²) in [5, 5.41) is 0.571. The zero-order valence-corrected chi connectivity index (χ0v) is 9.42. The lowest BCUT2D eigenvalue weighted by atomic mass is 10.1. The second-order valence-corrected chi connectivity index (χ2v) is 3.69. The normalized spacial score (nSPS) is 11.9. The number of rotatable bonds is 4. The maximum atomic E-state index is 6.02. The predicted molar refractivity (Wildman–Crippen MR) is 63.0 cm³/mol. The first-order valence-corrected chi connectivity index (χ1v) is 5.14. The molecule has 0 bridgehead atoms. The quantitative estimate of drug-likeness (QED) is 0.629. The van der Waals surface area contributed by atoms with Crippen LogP contribution in [0.2, 0.25) is 5.02 Å². The third-order valence-corrected chi connectivity index (χ3v) is 2.28. The van der Waals surface area contributed by atoms with Crippen LogP contribution < -0.4 is 10.5 Å². The van der Waals surface area contributed by atoms with E-state index >= 15 is 0 Å². The van der Waals surface area contributed by atoms with Crippen LogP contribution in [0.3, 0.4) is 0 Å². The van der Waals surface area contributed by atoms with Crippen LogP contribution in [0.15, 0.2) is 18.2 Å². The Balaban J connectivity index is 2.71. The van der Waals surface area contributed by atoms with Crippen molar-refractivity contribution in [3.63, 3.8) is 0 Å². The molecule has 2 nitrogen and oxygen atoms in total. The molecular weight excluding hydrogens is 210 g/mol. The minimum atomic E-state index is -0.0257.